The zero-order valence-corrected chi connectivity index (χ0v) is 11.5. The molecular weight excluding hydrogens is 258 g/mol. The van der Waals surface area contributed by atoms with E-state index in [2.05, 4.69) is 0 Å². The van der Waals surface area contributed by atoms with E-state index in [1.54, 1.807) is 23.1 Å². The fourth-order valence-electron chi connectivity index (χ4n) is 2.32. The van der Waals surface area contributed by atoms with Crippen molar-refractivity contribution in [2.24, 2.45) is 0 Å². The second-order valence-electron chi connectivity index (χ2n) is 5.06. The molecule has 0 unspecified atom stereocenters. The van der Waals surface area contributed by atoms with Gasteiger partial charge in [-0.3, -0.25) is 4.79 Å². The average molecular weight is 277 g/mol. The van der Waals surface area contributed by atoms with Crippen LogP contribution < -0.4 is 0 Å². The lowest BCUT2D eigenvalue weighted by atomic mass is 10.1. The van der Waals surface area contributed by atoms with E-state index in [1.165, 1.54) is 6.07 Å². The molecule has 1 aliphatic rings. The Bertz CT molecular complexity index is 500. The minimum atomic E-state index is -0.976. The number of ether oxygens (including phenoxy) is 1. The maximum Gasteiger partial charge on any atom is 0.335 e. The fraction of sp³-hybridized carbons (Fsp3) is 0.467. The Morgan fingerprint density at radius 1 is 1.45 bits per heavy atom. The number of benzene rings is 1. The molecule has 1 aromatic rings. The summed E-state index contributed by atoms with van der Waals surface area (Å²) in [6.45, 7) is 3.93. The molecule has 0 radical (unpaired) electrons. The Hall–Kier alpha value is -1.88. The predicted octanol–water partition coefficient (Wildman–Crippen LogP) is 1.56. The van der Waals surface area contributed by atoms with Crippen molar-refractivity contribution in [1.82, 2.24) is 4.90 Å². The Labute approximate surface area is 118 Å². The van der Waals surface area contributed by atoms with Gasteiger partial charge >= 0.3 is 5.97 Å². The highest BCUT2D eigenvalue weighted by molar-refractivity contribution is 5.88. The van der Waals surface area contributed by atoms with Crippen LogP contribution in [0.3, 0.4) is 0 Å². The molecule has 1 heterocycles. The van der Waals surface area contributed by atoms with Crippen LogP contribution in [0.15, 0.2) is 24.3 Å². The number of nitrogens with zero attached hydrogens (tertiary/aromatic N) is 1. The van der Waals surface area contributed by atoms with Crippen molar-refractivity contribution in [3.63, 3.8) is 0 Å². The predicted molar refractivity (Wildman–Crippen MR) is 73.7 cm³/mol. The third kappa shape index (κ3) is 3.81. The monoisotopic (exact) mass is 277 g/mol. The van der Waals surface area contributed by atoms with Crippen molar-refractivity contribution >= 4 is 11.9 Å². The highest BCUT2D eigenvalue weighted by atomic mass is 16.5. The third-order valence-electron chi connectivity index (χ3n) is 3.33. The number of amides is 1. The van der Waals surface area contributed by atoms with Gasteiger partial charge in [0.05, 0.1) is 18.1 Å². The van der Waals surface area contributed by atoms with Crippen LogP contribution in [0.2, 0.25) is 0 Å². The van der Waals surface area contributed by atoms with Crippen molar-refractivity contribution in [3.8, 4) is 0 Å². The lowest BCUT2D eigenvalue weighted by molar-refractivity contribution is -0.131. The smallest absolute Gasteiger partial charge is 0.335 e. The van der Waals surface area contributed by atoms with Crippen molar-refractivity contribution < 1.29 is 19.4 Å². The van der Waals surface area contributed by atoms with E-state index >= 15 is 0 Å². The van der Waals surface area contributed by atoms with E-state index in [0.29, 0.717) is 19.7 Å². The average Bonchev–Trinajstić information content (AvgIpc) is 2.63. The molecule has 0 saturated carbocycles. The first-order valence-electron chi connectivity index (χ1n) is 6.78. The summed E-state index contributed by atoms with van der Waals surface area (Å²) in [6, 6.07) is 6.53. The summed E-state index contributed by atoms with van der Waals surface area (Å²) >= 11 is 0. The standard InChI is InChI=1S/C15H19NO4/c1-11-10-16(6-3-7-20-11)14(17)9-12-4-2-5-13(8-12)15(18)19/h2,4-5,8,11H,3,6-7,9-10H2,1H3,(H,18,19)/t11-/m1/s1. The van der Waals surface area contributed by atoms with Crippen LogP contribution in [0.25, 0.3) is 0 Å². The molecule has 1 atom stereocenters. The van der Waals surface area contributed by atoms with Gasteiger partial charge in [-0.2, -0.15) is 0 Å². The first kappa shape index (κ1) is 14.5. The molecule has 1 N–H and O–H groups in total. The summed E-state index contributed by atoms with van der Waals surface area (Å²) in [5.74, 6) is -0.957. The van der Waals surface area contributed by atoms with E-state index < -0.39 is 5.97 Å². The zero-order valence-electron chi connectivity index (χ0n) is 11.5. The van der Waals surface area contributed by atoms with Crippen LogP contribution in [-0.2, 0) is 16.0 Å². The highest BCUT2D eigenvalue weighted by Gasteiger charge is 2.20. The van der Waals surface area contributed by atoms with Gasteiger partial charge in [0.25, 0.3) is 0 Å². The number of rotatable bonds is 3. The number of aromatic carboxylic acids is 1. The lowest BCUT2D eigenvalue weighted by Crippen LogP contribution is -2.36. The molecule has 1 aliphatic heterocycles. The number of hydrogen-bond donors (Lipinski definition) is 1. The molecule has 0 bridgehead atoms. The molecule has 0 aliphatic carbocycles. The fourth-order valence-corrected chi connectivity index (χ4v) is 2.32. The van der Waals surface area contributed by atoms with Gasteiger partial charge < -0.3 is 14.7 Å². The van der Waals surface area contributed by atoms with Crippen molar-refractivity contribution in [3.05, 3.63) is 35.4 Å². The van der Waals surface area contributed by atoms with Gasteiger partial charge in [0, 0.05) is 19.7 Å². The summed E-state index contributed by atoms with van der Waals surface area (Å²) < 4.78 is 5.51. The minimum Gasteiger partial charge on any atom is -0.478 e. The summed E-state index contributed by atoms with van der Waals surface area (Å²) in [5.41, 5.74) is 0.940. The van der Waals surface area contributed by atoms with E-state index in [4.69, 9.17) is 9.84 Å². The molecule has 5 heteroatoms. The van der Waals surface area contributed by atoms with Crippen molar-refractivity contribution in [2.75, 3.05) is 19.7 Å². The van der Waals surface area contributed by atoms with Crippen LogP contribution in [0, 0.1) is 0 Å². The van der Waals surface area contributed by atoms with Gasteiger partial charge in [0.15, 0.2) is 0 Å². The van der Waals surface area contributed by atoms with Crippen molar-refractivity contribution in [2.45, 2.75) is 25.9 Å². The second kappa shape index (κ2) is 6.52. The molecule has 1 amide bonds. The van der Waals surface area contributed by atoms with Crippen LogP contribution in [0.1, 0.15) is 29.3 Å². The molecule has 108 valence electrons. The summed E-state index contributed by atoms with van der Waals surface area (Å²) in [6.07, 6.45) is 1.12. The van der Waals surface area contributed by atoms with Crippen LogP contribution in [0.4, 0.5) is 0 Å². The number of carboxylic acid groups (broad SMARTS) is 1. The van der Waals surface area contributed by atoms with Crippen LogP contribution in [0.5, 0.6) is 0 Å². The number of hydrogen-bond acceptors (Lipinski definition) is 3. The van der Waals surface area contributed by atoms with Gasteiger partial charge in [0.2, 0.25) is 5.91 Å². The molecule has 20 heavy (non-hydrogen) atoms. The van der Waals surface area contributed by atoms with Gasteiger partial charge in [-0.15, -0.1) is 0 Å². The SMILES string of the molecule is C[C@@H]1CN(C(=O)Cc2cccc(C(=O)O)c2)CCCO1. The Morgan fingerprint density at radius 3 is 3.00 bits per heavy atom. The zero-order chi connectivity index (χ0) is 14.5. The lowest BCUT2D eigenvalue weighted by Gasteiger charge is -2.22. The maximum atomic E-state index is 12.3. The largest absolute Gasteiger partial charge is 0.478 e. The van der Waals surface area contributed by atoms with Gasteiger partial charge in [-0.05, 0) is 31.0 Å². The summed E-state index contributed by atoms with van der Waals surface area (Å²) in [7, 11) is 0. The first-order chi connectivity index (χ1) is 9.56. The van der Waals surface area contributed by atoms with Crippen LogP contribution in [-0.4, -0.2) is 47.7 Å². The molecule has 1 saturated heterocycles. The Morgan fingerprint density at radius 2 is 2.25 bits per heavy atom. The molecule has 1 fully saturated rings. The van der Waals surface area contributed by atoms with E-state index in [1.807, 2.05) is 6.92 Å². The number of carboxylic acids is 1. The first-order valence-corrected chi connectivity index (χ1v) is 6.78. The summed E-state index contributed by atoms with van der Waals surface area (Å²) in [5, 5.41) is 8.95. The molecule has 2 rings (SSSR count). The van der Waals surface area contributed by atoms with Gasteiger partial charge in [-0.1, -0.05) is 12.1 Å². The molecule has 0 aromatic heterocycles. The Balaban J connectivity index is 2.03. The minimum absolute atomic E-state index is 0.0184. The second-order valence-corrected chi connectivity index (χ2v) is 5.06. The van der Waals surface area contributed by atoms with Gasteiger partial charge in [0.1, 0.15) is 0 Å². The van der Waals surface area contributed by atoms with Gasteiger partial charge in [-0.25, -0.2) is 4.79 Å². The quantitative estimate of drug-likeness (QED) is 0.910. The Kier molecular flexibility index (Phi) is 4.74. The number of carbonyl (C=O) groups excluding carboxylic acids is 1. The molecule has 0 spiro atoms. The van der Waals surface area contributed by atoms with E-state index in [0.717, 1.165) is 12.0 Å². The van der Waals surface area contributed by atoms with E-state index in [9.17, 15) is 9.59 Å². The summed E-state index contributed by atoms with van der Waals surface area (Å²) in [4.78, 5) is 25.0. The molecular formula is C15H19NO4. The highest BCUT2D eigenvalue weighted by Crippen LogP contribution is 2.11. The van der Waals surface area contributed by atoms with Crippen molar-refractivity contribution in [1.29, 1.82) is 0 Å². The number of carbonyl (C=O) groups is 2. The molecule has 1 aromatic carbocycles. The topological polar surface area (TPSA) is 66.8 Å². The van der Waals surface area contributed by atoms with Crippen LogP contribution >= 0.6 is 0 Å². The molecule has 5 nitrogen and oxygen atoms in total. The normalized spacial score (nSPS) is 19.4. The van der Waals surface area contributed by atoms with E-state index in [-0.39, 0.29) is 24.0 Å². The maximum absolute atomic E-state index is 12.3. The third-order valence-corrected chi connectivity index (χ3v) is 3.33.